The lowest BCUT2D eigenvalue weighted by Crippen LogP contribution is -2.38. The molecule has 2 saturated carbocycles. The van der Waals surface area contributed by atoms with E-state index in [0.717, 1.165) is 37.8 Å². The first kappa shape index (κ1) is 14.2. The third-order valence-corrected chi connectivity index (χ3v) is 4.18. The average molecular weight is 298 g/mol. The van der Waals surface area contributed by atoms with Gasteiger partial charge in [-0.05, 0) is 55.7 Å². The molecule has 0 heterocycles. The molecule has 0 saturated heterocycles. The zero-order valence-corrected chi connectivity index (χ0v) is 11.4. The number of rotatable bonds is 4. The van der Waals surface area contributed by atoms with Crippen LogP contribution in [-0.4, -0.2) is 11.9 Å². The Balaban J connectivity index is 1.78. The highest BCUT2D eigenvalue weighted by molar-refractivity contribution is 5.95. The molecule has 114 valence electrons. The first-order valence-corrected chi connectivity index (χ1v) is 7.14. The van der Waals surface area contributed by atoms with Gasteiger partial charge in [-0.3, -0.25) is 4.79 Å². The van der Waals surface area contributed by atoms with Gasteiger partial charge in [0.25, 0.3) is 5.91 Å². The highest BCUT2D eigenvalue weighted by Crippen LogP contribution is 2.44. The van der Waals surface area contributed by atoms with Gasteiger partial charge in [0, 0.05) is 17.3 Å². The average Bonchev–Trinajstić information content (AvgIpc) is 3.27. The molecule has 1 aromatic carbocycles. The van der Waals surface area contributed by atoms with Gasteiger partial charge in [0.15, 0.2) is 0 Å². The molecule has 2 aliphatic carbocycles. The van der Waals surface area contributed by atoms with Crippen LogP contribution in [0.25, 0.3) is 0 Å². The first-order chi connectivity index (χ1) is 9.86. The van der Waals surface area contributed by atoms with Gasteiger partial charge >= 0.3 is 6.18 Å². The van der Waals surface area contributed by atoms with Crippen LogP contribution in [0.4, 0.5) is 18.9 Å². The second-order valence-corrected chi connectivity index (χ2v) is 5.97. The van der Waals surface area contributed by atoms with E-state index in [1.807, 2.05) is 0 Å². The van der Waals surface area contributed by atoms with Crippen LogP contribution in [0, 0.1) is 11.8 Å². The van der Waals surface area contributed by atoms with E-state index in [-0.39, 0.29) is 17.3 Å². The van der Waals surface area contributed by atoms with E-state index in [1.54, 1.807) is 0 Å². The Morgan fingerprint density at radius 3 is 2.24 bits per heavy atom. The number of carbonyl (C=O) groups excluding carboxylic acids is 1. The van der Waals surface area contributed by atoms with Gasteiger partial charge in [-0.2, -0.15) is 13.2 Å². The summed E-state index contributed by atoms with van der Waals surface area (Å²) in [5.74, 6) is 0.555. The van der Waals surface area contributed by atoms with Crippen molar-refractivity contribution in [3.63, 3.8) is 0 Å². The summed E-state index contributed by atoms with van der Waals surface area (Å²) in [6, 6.07) is 3.43. The molecule has 1 aromatic rings. The van der Waals surface area contributed by atoms with Gasteiger partial charge in [-0.25, -0.2) is 0 Å². The van der Waals surface area contributed by atoms with Crippen molar-refractivity contribution in [3.05, 3.63) is 29.3 Å². The van der Waals surface area contributed by atoms with Crippen molar-refractivity contribution in [1.29, 1.82) is 0 Å². The number of halogens is 3. The van der Waals surface area contributed by atoms with Gasteiger partial charge in [-0.15, -0.1) is 0 Å². The number of hydrogen-bond donors (Lipinski definition) is 2. The number of nitrogen functional groups attached to an aromatic ring is 1. The summed E-state index contributed by atoms with van der Waals surface area (Å²) in [7, 11) is 0. The second-order valence-electron chi connectivity index (χ2n) is 5.97. The summed E-state index contributed by atoms with van der Waals surface area (Å²) in [5, 5.41) is 2.91. The molecule has 21 heavy (non-hydrogen) atoms. The molecule has 0 aromatic heterocycles. The summed E-state index contributed by atoms with van der Waals surface area (Å²) in [6.07, 6.45) is -0.172. The molecule has 0 radical (unpaired) electrons. The maximum atomic E-state index is 12.8. The Bertz CT molecular complexity index is 551. The number of amides is 1. The van der Waals surface area contributed by atoms with Crippen molar-refractivity contribution in [2.45, 2.75) is 37.9 Å². The number of carbonyl (C=O) groups is 1. The molecule has 3 nitrogen and oxygen atoms in total. The number of nitrogens with two attached hydrogens (primary N) is 1. The largest absolute Gasteiger partial charge is 0.418 e. The van der Waals surface area contributed by atoms with Crippen LogP contribution >= 0.6 is 0 Å². The second kappa shape index (κ2) is 4.93. The van der Waals surface area contributed by atoms with Crippen LogP contribution in [0.15, 0.2) is 18.2 Å². The molecule has 2 fully saturated rings. The lowest BCUT2D eigenvalue weighted by atomic mass is 10.0. The van der Waals surface area contributed by atoms with Crippen LogP contribution in [0.1, 0.15) is 41.6 Å². The number of anilines is 1. The van der Waals surface area contributed by atoms with Crippen molar-refractivity contribution in [3.8, 4) is 0 Å². The van der Waals surface area contributed by atoms with Gasteiger partial charge in [-0.1, -0.05) is 0 Å². The summed E-state index contributed by atoms with van der Waals surface area (Å²) < 4.78 is 38.5. The van der Waals surface area contributed by atoms with E-state index < -0.39 is 17.6 Å². The Labute approximate surface area is 120 Å². The van der Waals surface area contributed by atoms with E-state index in [2.05, 4.69) is 5.32 Å². The third kappa shape index (κ3) is 3.14. The predicted octanol–water partition coefficient (Wildman–Crippen LogP) is 3.21. The van der Waals surface area contributed by atoms with E-state index in [9.17, 15) is 18.0 Å². The van der Waals surface area contributed by atoms with Crippen molar-refractivity contribution in [2.24, 2.45) is 11.8 Å². The lowest BCUT2D eigenvalue weighted by molar-refractivity contribution is -0.136. The minimum absolute atomic E-state index is 0.0165. The number of hydrogen-bond acceptors (Lipinski definition) is 2. The standard InChI is InChI=1S/C15H17F3N2O/c16-15(17,18)11-7-10(5-6-12(11)19)14(21)20-13(8-1-2-8)9-3-4-9/h5-9,13H,1-4,19H2,(H,20,21). The molecule has 3 rings (SSSR count). The Morgan fingerprint density at radius 1 is 1.19 bits per heavy atom. The van der Waals surface area contributed by atoms with Crippen molar-refractivity contribution in [1.82, 2.24) is 5.32 Å². The normalized spacial score (nSPS) is 18.9. The Hall–Kier alpha value is -1.72. The lowest BCUT2D eigenvalue weighted by Gasteiger charge is -2.18. The minimum Gasteiger partial charge on any atom is -0.398 e. The van der Waals surface area contributed by atoms with E-state index >= 15 is 0 Å². The minimum atomic E-state index is -4.55. The van der Waals surface area contributed by atoms with Gasteiger partial charge in [0.2, 0.25) is 0 Å². The van der Waals surface area contributed by atoms with Crippen molar-refractivity contribution < 1.29 is 18.0 Å². The van der Waals surface area contributed by atoms with E-state index in [0.29, 0.717) is 11.8 Å². The molecule has 1 amide bonds. The maximum Gasteiger partial charge on any atom is 0.418 e. The summed E-state index contributed by atoms with van der Waals surface area (Å²) >= 11 is 0. The van der Waals surface area contributed by atoms with Crippen LogP contribution in [0.5, 0.6) is 0 Å². The fourth-order valence-corrected chi connectivity index (χ4v) is 2.71. The van der Waals surface area contributed by atoms with Crippen LogP contribution in [-0.2, 0) is 6.18 Å². The van der Waals surface area contributed by atoms with Crippen LogP contribution in [0.3, 0.4) is 0 Å². The summed E-state index contributed by atoms with van der Waals surface area (Å²) in [4.78, 5) is 12.2. The molecule has 0 spiro atoms. The topological polar surface area (TPSA) is 55.1 Å². The number of nitrogens with one attached hydrogen (secondary N) is 1. The predicted molar refractivity (Wildman–Crippen MR) is 72.6 cm³/mol. The van der Waals surface area contributed by atoms with Crippen molar-refractivity contribution in [2.75, 3.05) is 5.73 Å². The quantitative estimate of drug-likeness (QED) is 0.839. The Kier molecular flexibility index (Phi) is 3.34. The van der Waals surface area contributed by atoms with E-state index in [4.69, 9.17) is 5.73 Å². The maximum absolute atomic E-state index is 12.8. The smallest absolute Gasteiger partial charge is 0.398 e. The van der Waals surface area contributed by atoms with Crippen LogP contribution < -0.4 is 11.1 Å². The fraction of sp³-hybridized carbons (Fsp3) is 0.533. The molecular formula is C15H17F3N2O. The molecule has 2 aliphatic rings. The highest BCUT2D eigenvalue weighted by atomic mass is 19.4. The molecule has 0 unspecified atom stereocenters. The summed E-state index contributed by atoms with van der Waals surface area (Å²) in [6.45, 7) is 0. The monoisotopic (exact) mass is 298 g/mol. The van der Waals surface area contributed by atoms with Gasteiger partial charge in [0.1, 0.15) is 0 Å². The molecular weight excluding hydrogens is 281 g/mol. The molecule has 6 heteroatoms. The zero-order valence-electron chi connectivity index (χ0n) is 11.4. The highest BCUT2D eigenvalue weighted by Gasteiger charge is 2.42. The summed E-state index contributed by atoms with van der Waals surface area (Å²) in [5.41, 5.74) is 4.04. The molecule has 0 bridgehead atoms. The van der Waals surface area contributed by atoms with Gasteiger partial charge < -0.3 is 11.1 Å². The Morgan fingerprint density at radius 2 is 1.76 bits per heavy atom. The fourth-order valence-electron chi connectivity index (χ4n) is 2.71. The first-order valence-electron chi connectivity index (χ1n) is 7.14. The zero-order chi connectivity index (χ0) is 15.2. The SMILES string of the molecule is Nc1ccc(C(=O)NC(C2CC2)C2CC2)cc1C(F)(F)F. The number of alkyl halides is 3. The molecule has 0 aliphatic heterocycles. The van der Waals surface area contributed by atoms with Gasteiger partial charge in [0.05, 0.1) is 5.56 Å². The molecule has 3 N–H and O–H groups in total. The third-order valence-electron chi connectivity index (χ3n) is 4.18. The van der Waals surface area contributed by atoms with E-state index in [1.165, 1.54) is 6.07 Å². The molecule has 0 atom stereocenters. The van der Waals surface area contributed by atoms with Crippen molar-refractivity contribution >= 4 is 11.6 Å². The van der Waals surface area contributed by atoms with Crippen LogP contribution in [0.2, 0.25) is 0 Å². The number of benzene rings is 1.